The molecule has 1 aliphatic heterocycles. The molecule has 0 atom stereocenters. The van der Waals surface area contributed by atoms with Crippen molar-refractivity contribution in [1.82, 2.24) is 0 Å². The van der Waals surface area contributed by atoms with Gasteiger partial charge in [-0.15, -0.1) is 0 Å². The molecule has 0 saturated heterocycles. The second-order valence-corrected chi connectivity index (χ2v) is 4.78. The first-order chi connectivity index (χ1) is 9.34. The Morgan fingerprint density at radius 1 is 0.947 bits per heavy atom. The maximum Gasteiger partial charge on any atom is 0.123 e. The van der Waals surface area contributed by atoms with Crippen molar-refractivity contribution in [3.63, 3.8) is 0 Å². The predicted molar refractivity (Wildman–Crippen MR) is 77.6 cm³/mol. The lowest BCUT2D eigenvalue weighted by molar-refractivity contribution is 0.627. The van der Waals surface area contributed by atoms with Gasteiger partial charge in [-0.2, -0.15) is 0 Å². The van der Waals surface area contributed by atoms with Crippen molar-refractivity contribution in [3.8, 4) is 0 Å². The maximum absolute atomic E-state index is 13.1. The number of nitrogens with one attached hydrogen (secondary N) is 1. The summed E-state index contributed by atoms with van der Waals surface area (Å²) in [5.41, 5.74) is 3.35. The molecule has 0 aromatic heterocycles. The smallest absolute Gasteiger partial charge is 0.123 e. The molecule has 0 saturated carbocycles. The Labute approximate surface area is 112 Å². The van der Waals surface area contributed by atoms with Crippen LogP contribution >= 0.6 is 0 Å². The quantitative estimate of drug-likeness (QED) is 0.823. The highest BCUT2D eigenvalue weighted by atomic mass is 19.1. The van der Waals surface area contributed by atoms with Crippen molar-refractivity contribution in [1.29, 1.82) is 0 Å². The van der Waals surface area contributed by atoms with Crippen LogP contribution in [-0.2, 0) is 0 Å². The predicted octanol–water partition coefficient (Wildman–Crippen LogP) is 4.17. The average molecular weight is 256 g/mol. The summed E-state index contributed by atoms with van der Waals surface area (Å²) in [4.78, 5) is 2.25. The summed E-state index contributed by atoms with van der Waals surface area (Å²) in [7, 11) is 0. The zero-order valence-electron chi connectivity index (χ0n) is 10.8. The van der Waals surface area contributed by atoms with Crippen LogP contribution in [0.25, 0.3) is 0 Å². The Balaban J connectivity index is 2.02. The summed E-state index contributed by atoms with van der Waals surface area (Å²) in [6.45, 7) is 1.97. The molecule has 1 N–H and O–H groups in total. The second-order valence-electron chi connectivity index (χ2n) is 4.78. The number of fused-ring (bicyclic) bond motifs is 1. The topological polar surface area (TPSA) is 15.3 Å². The molecule has 2 aromatic rings. The third-order valence-electron chi connectivity index (χ3n) is 3.46. The molecule has 2 aromatic carbocycles. The Bertz CT molecular complexity index is 551. The van der Waals surface area contributed by atoms with E-state index in [1.165, 1.54) is 12.1 Å². The van der Waals surface area contributed by atoms with Gasteiger partial charge in [0.05, 0.1) is 11.4 Å². The van der Waals surface area contributed by atoms with Gasteiger partial charge in [0.2, 0.25) is 0 Å². The lowest BCUT2D eigenvalue weighted by Crippen LogP contribution is -2.23. The molecule has 0 spiro atoms. The Kier molecular flexibility index (Phi) is 3.36. The van der Waals surface area contributed by atoms with Crippen LogP contribution in [0.5, 0.6) is 0 Å². The van der Waals surface area contributed by atoms with Crippen LogP contribution in [0.4, 0.5) is 21.5 Å². The Hall–Kier alpha value is -2.03. The highest BCUT2D eigenvalue weighted by Crippen LogP contribution is 2.33. The number of anilines is 3. The van der Waals surface area contributed by atoms with Gasteiger partial charge >= 0.3 is 0 Å². The molecule has 0 radical (unpaired) electrons. The SMILES string of the molecule is Fc1ccc(N2CCCCNc3ccccc32)cc1. The molecular formula is C16H17FN2. The van der Waals surface area contributed by atoms with Crippen LogP contribution in [0, 0.1) is 5.82 Å². The van der Waals surface area contributed by atoms with E-state index in [1.54, 1.807) is 0 Å². The summed E-state index contributed by atoms with van der Waals surface area (Å²) in [5, 5.41) is 3.46. The van der Waals surface area contributed by atoms with Gasteiger partial charge in [-0.3, -0.25) is 0 Å². The molecule has 0 bridgehead atoms. The van der Waals surface area contributed by atoms with E-state index in [1.807, 2.05) is 24.3 Å². The van der Waals surface area contributed by atoms with Crippen molar-refractivity contribution in [2.45, 2.75) is 12.8 Å². The van der Waals surface area contributed by atoms with Crippen molar-refractivity contribution >= 4 is 17.1 Å². The van der Waals surface area contributed by atoms with E-state index < -0.39 is 0 Å². The summed E-state index contributed by atoms with van der Waals surface area (Å²) in [5.74, 6) is -0.192. The van der Waals surface area contributed by atoms with Crippen molar-refractivity contribution < 1.29 is 4.39 Å². The van der Waals surface area contributed by atoms with Gasteiger partial charge < -0.3 is 10.2 Å². The van der Waals surface area contributed by atoms with Gasteiger partial charge in [-0.1, -0.05) is 12.1 Å². The lowest BCUT2D eigenvalue weighted by atomic mass is 10.1. The fraction of sp³-hybridized carbons (Fsp3) is 0.250. The second kappa shape index (κ2) is 5.31. The maximum atomic E-state index is 13.1. The van der Waals surface area contributed by atoms with E-state index in [-0.39, 0.29) is 5.82 Å². The molecule has 0 aliphatic carbocycles. The Morgan fingerprint density at radius 2 is 1.74 bits per heavy atom. The van der Waals surface area contributed by atoms with Crippen LogP contribution < -0.4 is 10.2 Å². The minimum absolute atomic E-state index is 0.192. The van der Waals surface area contributed by atoms with Crippen LogP contribution in [0.1, 0.15) is 12.8 Å². The molecule has 19 heavy (non-hydrogen) atoms. The number of benzene rings is 2. The number of para-hydroxylation sites is 2. The van der Waals surface area contributed by atoms with Crippen LogP contribution in [-0.4, -0.2) is 13.1 Å². The van der Waals surface area contributed by atoms with Crippen molar-refractivity contribution in [2.24, 2.45) is 0 Å². The van der Waals surface area contributed by atoms with Gasteiger partial charge in [-0.05, 0) is 49.2 Å². The molecular weight excluding hydrogens is 239 g/mol. The summed E-state index contributed by atoms with van der Waals surface area (Å²) >= 11 is 0. The van der Waals surface area contributed by atoms with Crippen LogP contribution in [0.15, 0.2) is 48.5 Å². The normalized spacial score (nSPS) is 15.1. The molecule has 3 heteroatoms. The third kappa shape index (κ3) is 2.55. The van der Waals surface area contributed by atoms with E-state index >= 15 is 0 Å². The lowest BCUT2D eigenvalue weighted by Gasteiger charge is -2.29. The van der Waals surface area contributed by atoms with Crippen molar-refractivity contribution in [2.75, 3.05) is 23.3 Å². The number of hydrogen-bond acceptors (Lipinski definition) is 2. The van der Waals surface area contributed by atoms with E-state index in [4.69, 9.17) is 0 Å². The number of hydrogen-bond donors (Lipinski definition) is 1. The summed E-state index contributed by atoms with van der Waals surface area (Å²) in [6.07, 6.45) is 2.27. The molecule has 1 aliphatic rings. The summed E-state index contributed by atoms with van der Waals surface area (Å²) in [6, 6.07) is 15.0. The zero-order chi connectivity index (χ0) is 13.1. The molecule has 0 amide bonds. The summed E-state index contributed by atoms with van der Waals surface area (Å²) < 4.78 is 13.1. The monoisotopic (exact) mass is 256 g/mol. The van der Waals surface area contributed by atoms with E-state index in [0.29, 0.717) is 0 Å². The molecule has 1 heterocycles. The highest BCUT2D eigenvalue weighted by molar-refractivity contribution is 5.76. The van der Waals surface area contributed by atoms with Gasteiger partial charge in [0, 0.05) is 18.8 Å². The molecule has 3 rings (SSSR count). The largest absolute Gasteiger partial charge is 0.383 e. The third-order valence-corrected chi connectivity index (χ3v) is 3.46. The van der Waals surface area contributed by atoms with Gasteiger partial charge in [0.1, 0.15) is 5.82 Å². The van der Waals surface area contributed by atoms with E-state index in [0.717, 1.165) is 43.0 Å². The molecule has 0 unspecified atom stereocenters. The van der Waals surface area contributed by atoms with Crippen molar-refractivity contribution in [3.05, 3.63) is 54.3 Å². The van der Waals surface area contributed by atoms with E-state index in [9.17, 15) is 4.39 Å². The first kappa shape index (κ1) is 12.0. The van der Waals surface area contributed by atoms with Gasteiger partial charge in [0.15, 0.2) is 0 Å². The highest BCUT2D eigenvalue weighted by Gasteiger charge is 2.14. The number of halogens is 1. The van der Waals surface area contributed by atoms with Gasteiger partial charge in [-0.25, -0.2) is 4.39 Å². The molecule has 0 fully saturated rings. The van der Waals surface area contributed by atoms with Gasteiger partial charge in [0.25, 0.3) is 0 Å². The average Bonchev–Trinajstić information content (AvgIpc) is 2.42. The fourth-order valence-corrected chi connectivity index (χ4v) is 2.49. The van der Waals surface area contributed by atoms with E-state index in [2.05, 4.69) is 22.3 Å². The zero-order valence-corrected chi connectivity index (χ0v) is 10.8. The Morgan fingerprint density at radius 3 is 2.58 bits per heavy atom. The van der Waals surface area contributed by atoms with Crippen LogP contribution in [0.2, 0.25) is 0 Å². The minimum atomic E-state index is -0.192. The molecule has 2 nitrogen and oxygen atoms in total. The number of nitrogens with zero attached hydrogens (tertiary/aromatic N) is 1. The first-order valence-electron chi connectivity index (χ1n) is 6.70. The minimum Gasteiger partial charge on any atom is -0.383 e. The number of rotatable bonds is 1. The standard InChI is InChI=1S/C16H17FN2/c17-13-7-9-14(10-8-13)19-12-4-3-11-18-15-5-1-2-6-16(15)19/h1-2,5-10,18H,3-4,11-12H2. The first-order valence-corrected chi connectivity index (χ1v) is 6.70. The van der Waals surface area contributed by atoms with Crippen LogP contribution in [0.3, 0.4) is 0 Å². The molecule has 98 valence electrons. The fourth-order valence-electron chi connectivity index (χ4n) is 2.49.